The smallest absolute Gasteiger partial charge is 0.462 e. The summed E-state index contributed by atoms with van der Waals surface area (Å²) in [6.07, 6.45) is -1.07. The monoisotopic (exact) mass is 332 g/mol. The van der Waals surface area contributed by atoms with Crippen molar-refractivity contribution in [2.24, 2.45) is 5.73 Å². The van der Waals surface area contributed by atoms with Gasteiger partial charge in [0, 0.05) is 5.54 Å². The van der Waals surface area contributed by atoms with Crippen molar-refractivity contribution in [2.75, 3.05) is 33.0 Å². The Balaban J connectivity index is -0.000000126. The molecule has 0 saturated heterocycles. The molecule has 0 aliphatic carbocycles. The molecule has 0 fully saturated rings. The molecule has 0 rings (SSSR count). The van der Waals surface area contributed by atoms with E-state index in [2.05, 4.69) is 9.47 Å². The van der Waals surface area contributed by atoms with Gasteiger partial charge in [-0.1, -0.05) is 0 Å². The van der Waals surface area contributed by atoms with Crippen LogP contribution in [0.15, 0.2) is 0 Å². The molecular weight excluding hydrogens is 304 g/mol. The predicted molar refractivity (Wildman–Crippen MR) is 70.9 cm³/mol. The average Bonchev–Trinajstić information content (AvgIpc) is 2.26. The van der Waals surface area contributed by atoms with Gasteiger partial charge >= 0.3 is 27.7 Å². The molecule has 9 heteroatoms. The van der Waals surface area contributed by atoms with Crippen molar-refractivity contribution in [3.05, 3.63) is 0 Å². The normalized spacial score (nSPS) is 11.2. The molecule has 1 unspecified atom stereocenters. The van der Waals surface area contributed by atoms with Crippen LogP contribution in [0, 0.1) is 0 Å². The van der Waals surface area contributed by atoms with Crippen LogP contribution in [0.3, 0.4) is 0 Å². The quantitative estimate of drug-likeness (QED) is 0.221. The van der Waals surface area contributed by atoms with E-state index < -0.39 is 17.6 Å². The minimum atomic E-state index is -1.07. The Labute approximate surface area is 135 Å². The fourth-order valence-electron chi connectivity index (χ4n) is 0.609. The molecule has 0 aliphatic heterocycles. The van der Waals surface area contributed by atoms with Crippen LogP contribution >= 0.6 is 0 Å². The van der Waals surface area contributed by atoms with Gasteiger partial charge in [-0.25, -0.2) is 4.79 Å². The molecule has 0 aromatic carbocycles. The summed E-state index contributed by atoms with van der Waals surface area (Å²) in [5.41, 5.74) is 4.99. The second-order valence-corrected chi connectivity index (χ2v) is 4.33. The molecule has 0 bridgehead atoms. The topological polar surface area (TPSA) is 157 Å². The molecule has 0 aromatic heterocycles. The number of hydrogen-bond donors (Lipinski definition) is 5. The first-order chi connectivity index (χ1) is 8.24. The van der Waals surface area contributed by atoms with E-state index in [9.17, 15) is 4.79 Å². The average molecular weight is 332 g/mol. The molecule has 0 saturated carbocycles. The number of rotatable bonds is 7. The molecule has 8 nitrogen and oxygen atoms in total. The third kappa shape index (κ3) is 26.5. The van der Waals surface area contributed by atoms with Crippen molar-refractivity contribution in [1.82, 2.24) is 6.15 Å². The minimum Gasteiger partial charge on any atom is -0.462 e. The molecule has 0 amide bonds. The maximum atomic E-state index is 10.7. The van der Waals surface area contributed by atoms with Crippen molar-refractivity contribution >= 4 is 5.97 Å². The second-order valence-electron chi connectivity index (χ2n) is 4.33. The van der Waals surface area contributed by atoms with Crippen molar-refractivity contribution in [3.8, 4) is 0 Å². The van der Waals surface area contributed by atoms with Crippen molar-refractivity contribution in [1.29, 1.82) is 0 Å². The maximum Gasteiger partial charge on any atom is 4.00 e. The van der Waals surface area contributed by atoms with Gasteiger partial charge in [0.15, 0.2) is 0 Å². The summed E-state index contributed by atoms with van der Waals surface area (Å²) >= 11 is 0. The third-order valence-corrected chi connectivity index (χ3v) is 1.40. The zero-order valence-corrected chi connectivity index (χ0v) is 14.0. The van der Waals surface area contributed by atoms with E-state index >= 15 is 0 Å². The first kappa shape index (κ1) is 28.2. The molecule has 8 N–H and O–H groups in total. The van der Waals surface area contributed by atoms with Crippen LogP contribution in [0.5, 0.6) is 0 Å². The van der Waals surface area contributed by atoms with E-state index in [1.54, 1.807) is 13.8 Å². The number of nitrogens with two attached hydrogens (primary N) is 1. The van der Waals surface area contributed by atoms with Crippen LogP contribution in [0.2, 0.25) is 0 Å². The van der Waals surface area contributed by atoms with Crippen LogP contribution in [0.25, 0.3) is 0 Å². The van der Waals surface area contributed by atoms with Gasteiger partial charge in [0.25, 0.3) is 0 Å². The van der Waals surface area contributed by atoms with Crippen LogP contribution in [-0.4, -0.2) is 66.0 Å². The van der Waals surface area contributed by atoms with Gasteiger partial charge in [0.1, 0.15) is 12.7 Å². The predicted octanol–water partition coefficient (Wildman–Crippen LogP) is -1.21. The fraction of sp³-hybridized carbons (Fsp3) is 0.909. The second kappa shape index (κ2) is 17.0. The zero-order chi connectivity index (χ0) is 14.6. The first-order valence-electron chi connectivity index (χ1n) is 5.67. The molecule has 0 aromatic rings. The zero-order valence-electron chi connectivity index (χ0n) is 12.5. The Morgan fingerprint density at radius 1 is 1.25 bits per heavy atom. The Morgan fingerprint density at radius 2 is 1.65 bits per heavy atom. The molecule has 118 valence electrons. The van der Waals surface area contributed by atoms with E-state index in [0.29, 0.717) is 13.2 Å². The van der Waals surface area contributed by atoms with Gasteiger partial charge in [0.05, 0.1) is 26.4 Å². The SMILES string of the molecule is CC(O)C(=O)OCC(C)(C)N.N.OCCOCCO.[Ti+4]. The number of aliphatic hydroxyl groups is 3. The van der Waals surface area contributed by atoms with Crippen LogP contribution in [-0.2, 0) is 36.0 Å². The summed E-state index contributed by atoms with van der Waals surface area (Å²) in [5.74, 6) is -0.636. The molecule has 20 heavy (non-hydrogen) atoms. The van der Waals surface area contributed by atoms with Gasteiger partial charge in [0.2, 0.25) is 0 Å². The minimum absolute atomic E-state index is 0. The van der Waals surface area contributed by atoms with Crippen LogP contribution in [0.1, 0.15) is 20.8 Å². The number of ether oxygens (including phenoxy) is 2. The number of hydrogen-bond acceptors (Lipinski definition) is 8. The van der Waals surface area contributed by atoms with E-state index in [4.69, 9.17) is 21.1 Å². The van der Waals surface area contributed by atoms with Gasteiger partial charge in [-0.2, -0.15) is 0 Å². The van der Waals surface area contributed by atoms with E-state index in [1.807, 2.05) is 0 Å². The van der Waals surface area contributed by atoms with Gasteiger partial charge in [-0.05, 0) is 20.8 Å². The Hall–Kier alpha value is -0.0557. The van der Waals surface area contributed by atoms with E-state index in [0.717, 1.165) is 0 Å². The Bertz CT molecular complexity index is 208. The van der Waals surface area contributed by atoms with Crippen molar-refractivity contribution < 1.29 is 51.3 Å². The Kier molecular flexibility index (Phi) is 23.9. The maximum absolute atomic E-state index is 10.7. The summed E-state index contributed by atoms with van der Waals surface area (Å²) in [6.45, 7) is 5.65. The summed E-state index contributed by atoms with van der Waals surface area (Å²) in [7, 11) is 0. The van der Waals surface area contributed by atoms with Crippen LogP contribution < -0.4 is 11.9 Å². The van der Waals surface area contributed by atoms with Gasteiger partial charge in [-0.15, -0.1) is 0 Å². The first-order valence-corrected chi connectivity index (χ1v) is 5.67. The molecular formula is C11H28N2O6Ti+4. The number of esters is 1. The third-order valence-electron chi connectivity index (χ3n) is 1.40. The number of aliphatic hydroxyl groups excluding tert-OH is 3. The summed E-state index contributed by atoms with van der Waals surface area (Å²) in [4.78, 5) is 10.7. The number of carbonyl (C=O) groups is 1. The van der Waals surface area contributed by atoms with E-state index in [-0.39, 0.29) is 47.7 Å². The standard InChI is InChI=1S/C7H15NO3.C4H10O3.H3N.Ti/c1-5(9)6(10)11-4-7(2,3)8;5-1-3-7-4-2-6;;/h5,9H,4,8H2,1-3H3;5-6H,1-4H2;1H3;/q;;;+4. The van der Waals surface area contributed by atoms with E-state index in [1.165, 1.54) is 6.92 Å². The largest absolute Gasteiger partial charge is 4.00 e. The molecule has 0 spiro atoms. The summed E-state index contributed by atoms with van der Waals surface area (Å²) in [5, 5.41) is 24.9. The van der Waals surface area contributed by atoms with Gasteiger partial charge in [-0.3, -0.25) is 0 Å². The number of carbonyl (C=O) groups excluding carboxylic acids is 1. The molecule has 0 heterocycles. The fourth-order valence-corrected chi connectivity index (χ4v) is 0.609. The Morgan fingerprint density at radius 3 is 1.90 bits per heavy atom. The van der Waals surface area contributed by atoms with Crippen molar-refractivity contribution in [2.45, 2.75) is 32.4 Å². The van der Waals surface area contributed by atoms with Crippen molar-refractivity contribution in [3.63, 3.8) is 0 Å². The van der Waals surface area contributed by atoms with Gasteiger partial charge < -0.3 is 36.7 Å². The molecule has 0 radical (unpaired) electrons. The summed E-state index contributed by atoms with van der Waals surface area (Å²) < 4.78 is 9.29. The molecule has 0 aliphatic rings. The molecule has 1 atom stereocenters. The van der Waals surface area contributed by atoms with Crippen LogP contribution in [0.4, 0.5) is 0 Å². The summed E-state index contributed by atoms with van der Waals surface area (Å²) in [6, 6.07) is 0.